The number of hydrogen-bond donors (Lipinski definition) is 2. The lowest BCUT2D eigenvalue weighted by atomic mass is 10.1. The molecule has 1 aromatic carbocycles. The molecule has 106 valence electrons. The van der Waals surface area contributed by atoms with Crippen LogP contribution < -0.4 is 5.32 Å². The first-order chi connectivity index (χ1) is 9.45. The van der Waals surface area contributed by atoms with Crippen LogP contribution in [0.3, 0.4) is 0 Å². The highest BCUT2D eigenvalue weighted by Gasteiger charge is 2.11. The Morgan fingerprint density at radius 3 is 2.65 bits per heavy atom. The van der Waals surface area contributed by atoms with Crippen LogP contribution in [0.2, 0.25) is 5.02 Å². The van der Waals surface area contributed by atoms with E-state index in [1.54, 1.807) is 0 Å². The number of aryl methyl sites for hydroxylation is 3. The van der Waals surface area contributed by atoms with Crippen LogP contribution in [0.5, 0.6) is 0 Å². The summed E-state index contributed by atoms with van der Waals surface area (Å²) in [6, 6.07) is 5.77. The Balaban J connectivity index is 1.95. The summed E-state index contributed by atoms with van der Waals surface area (Å²) < 4.78 is 0. The zero-order valence-electron chi connectivity index (χ0n) is 11.9. The van der Waals surface area contributed by atoms with Crippen molar-refractivity contribution >= 4 is 17.5 Å². The second-order valence-electron chi connectivity index (χ2n) is 5.00. The molecule has 2 aromatic rings. The van der Waals surface area contributed by atoms with Crippen LogP contribution in [0.1, 0.15) is 28.1 Å². The molecule has 0 aliphatic carbocycles. The summed E-state index contributed by atoms with van der Waals surface area (Å²) in [5.41, 5.74) is 4.87. The van der Waals surface area contributed by atoms with Gasteiger partial charge in [-0.15, -0.1) is 0 Å². The van der Waals surface area contributed by atoms with Crippen molar-refractivity contribution in [3.8, 4) is 0 Å². The molecule has 20 heavy (non-hydrogen) atoms. The van der Waals surface area contributed by atoms with Crippen molar-refractivity contribution in [1.82, 2.24) is 15.5 Å². The number of aromatic nitrogens is 2. The second-order valence-corrected chi connectivity index (χ2v) is 5.44. The first-order valence-electron chi connectivity index (χ1n) is 6.49. The van der Waals surface area contributed by atoms with Gasteiger partial charge in [0.15, 0.2) is 0 Å². The largest absolute Gasteiger partial charge is 0.352 e. The highest BCUT2D eigenvalue weighted by molar-refractivity contribution is 6.30. The number of aromatic amines is 1. The average molecular weight is 292 g/mol. The number of nitrogens with zero attached hydrogens (tertiary/aromatic N) is 1. The molecule has 0 radical (unpaired) electrons. The van der Waals surface area contributed by atoms with E-state index < -0.39 is 0 Å². The smallest absolute Gasteiger partial charge is 0.224 e. The Morgan fingerprint density at radius 1 is 1.30 bits per heavy atom. The quantitative estimate of drug-likeness (QED) is 0.910. The Labute approximate surface area is 123 Å². The molecule has 0 bridgehead atoms. The molecule has 4 nitrogen and oxygen atoms in total. The molecule has 0 atom stereocenters. The minimum absolute atomic E-state index is 0.0183. The van der Waals surface area contributed by atoms with E-state index in [-0.39, 0.29) is 5.91 Å². The summed E-state index contributed by atoms with van der Waals surface area (Å²) in [7, 11) is 0. The van der Waals surface area contributed by atoms with Gasteiger partial charge in [0, 0.05) is 22.8 Å². The normalized spacial score (nSPS) is 10.6. The van der Waals surface area contributed by atoms with Gasteiger partial charge in [0.2, 0.25) is 5.91 Å². The van der Waals surface area contributed by atoms with Crippen molar-refractivity contribution in [2.24, 2.45) is 0 Å². The van der Waals surface area contributed by atoms with Crippen LogP contribution in [0.4, 0.5) is 0 Å². The molecule has 1 aromatic heterocycles. The predicted molar refractivity (Wildman–Crippen MR) is 79.8 cm³/mol. The minimum Gasteiger partial charge on any atom is -0.352 e. The third kappa shape index (κ3) is 3.61. The van der Waals surface area contributed by atoms with Crippen molar-refractivity contribution in [1.29, 1.82) is 0 Å². The Bertz CT molecular complexity index is 594. The van der Waals surface area contributed by atoms with Gasteiger partial charge in [0.25, 0.3) is 0 Å². The van der Waals surface area contributed by atoms with E-state index in [1.807, 2.05) is 39.0 Å². The Kier molecular flexibility index (Phi) is 4.45. The molecular formula is C15H18ClN3O. The van der Waals surface area contributed by atoms with E-state index in [9.17, 15) is 4.79 Å². The third-order valence-corrected chi connectivity index (χ3v) is 3.43. The van der Waals surface area contributed by atoms with Crippen molar-refractivity contribution < 1.29 is 4.79 Å². The second kappa shape index (κ2) is 6.09. The van der Waals surface area contributed by atoms with Crippen LogP contribution >= 0.6 is 11.6 Å². The molecule has 1 heterocycles. The number of nitrogens with one attached hydrogen (secondary N) is 2. The lowest BCUT2D eigenvalue weighted by Gasteiger charge is -2.07. The molecule has 0 spiro atoms. The molecule has 0 unspecified atom stereocenters. The van der Waals surface area contributed by atoms with Crippen molar-refractivity contribution in [3.05, 3.63) is 51.3 Å². The lowest BCUT2D eigenvalue weighted by molar-refractivity contribution is -0.120. The fraction of sp³-hybridized carbons (Fsp3) is 0.333. The fourth-order valence-corrected chi connectivity index (χ4v) is 2.48. The van der Waals surface area contributed by atoms with Crippen LogP contribution in [0.15, 0.2) is 18.2 Å². The first-order valence-corrected chi connectivity index (χ1v) is 6.86. The molecule has 2 N–H and O–H groups in total. The molecule has 0 saturated heterocycles. The topological polar surface area (TPSA) is 57.8 Å². The van der Waals surface area contributed by atoms with Crippen LogP contribution in [0, 0.1) is 20.8 Å². The molecular weight excluding hydrogens is 274 g/mol. The predicted octanol–water partition coefficient (Wildman–Crippen LogP) is 2.85. The van der Waals surface area contributed by atoms with Gasteiger partial charge in [0.1, 0.15) is 0 Å². The monoisotopic (exact) mass is 291 g/mol. The average Bonchev–Trinajstić information content (AvgIpc) is 2.67. The number of hydrogen-bond acceptors (Lipinski definition) is 2. The highest BCUT2D eigenvalue weighted by Crippen LogP contribution is 2.14. The zero-order valence-corrected chi connectivity index (χ0v) is 12.6. The maximum Gasteiger partial charge on any atom is 0.224 e. The summed E-state index contributed by atoms with van der Waals surface area (Å²) in [6.45, 7) is 6.28. The summed E-state index contributed by atoms with van der Waals surface area (Å²) in [4.78, 5) is 12.0. The van der Waals surface area contributed by atoms with E-state index in [4.69, 9.17) is 11.6 Å². The molecule has 0 aliphatic rings. The lowest BCUT2D eigenvalue weighted by Crippen LogP contribution is -2.25. The third-order valence-electron chi connectivity index (χ3n) is 3.21. The van der Waals surface area contributed by atoms with Gasteiger partial charge in [-0.1, -0.05) is 17.7 Å². The molecule has 0 fully saturated rings. The summed E-state index contributed by atoms with van der Waals surface area (Å²) in [5.74, 6) is -0.0183. The van der Waals surface area contributed by atoms with Gasteiger partial charge in [-0.2, -0.15) is 5.10 Å². The molecule has 1 amide bonds. The summed E-state index contributed by atoms with van der Waals surface area (Å²) in [6.07, 6.45) is 0.341. The molecule has 0 saturated carbocycles. The minimum atomic E-state index is -0.0183. The van der Waals surface area contributed by atoms with Gasteiger partial charge >= 0.3 is 0 Å². The van der Waals surface area contributed by atoms with E-state index in [0.29, 0.717) is 18.0 Å². The highest BCUT2D eigenvalue weighted by atomic mass is 35.5. The van der Waals surface area contributed by atoms with Gasteiger partial charge in [-0.25, -0.2) is 0 Å². The number of rotatable bonds is 4. The SMILES string of the molecule is Cc1cc(Cl)cc(CNC(=O)Cc2c(C)n[nH]c2C)c1. The fourth-order valence-electron chi connectivity index (χ4n) is 2.17. The van der Waals surface area contributed by atoms with Gasteiger partial charge in [-0.05, 0) is 44.0 Å². The standard InChI is InChI=1S/C15H18ClN3O/c1-9-4-12(6-13(16)5-9)8-17-15(20)7-14-10(2)18-19-11(14)3/h4-6H,7-8H2,1-3H3,(H,17,20)(H,18,19). The van der Waals surface area contributed by atoms with Crippen LogP contribution in [-0.4, -0.2) is 16.1 Å². The number of carbonyl (C=O) groups excluding carboxylic acids is 1. The van der Waals surface area contributed by atoms with E-state index >= 15 is 0 Å². The molecule has 5 heteroatoms. The van der Waals surface area contributed by atoms with Gasteiger partial charge in [0.05, 0.1) is 12.1 Å². The number of benzene rings is 1. The van der Waals surface area contributed by atoms with Crippen molar-refractivity contribution in [3.63, 3.8) is 0 Å². The van der Waals surface area contributed by atoms with Crippen molar-refractivity contribution in [2.45, 2.75) is 33.7 Å². The van der Waals surface area contributed by atoms with Gasteiger partial charge in [-0.3, -0.25) is 9.89 Å². The van der Waals surface area contributed by atoms with Crippen LogP contribution in [0.25, 0.3) is 0 Å². The Hall–Kier alpha value is -1.81. The van der Waals surface area contributed by atoms with Gasteiger partial charge < -0.3 is 5.32 Å². The maximum absolute atomic E-state index is 12.0. The van der Waals surface area contributed by atoms with Crippen molar-refractivity contribution in [2.75, 3.05) is 0 Å². The van der Waals surface area contributed by atoms with E-state index in [2.05, 4.69) is 15.5 Å². The number of carbonyl (C=O) groups is 1. The summed E-state index contributed by atoms with van der Waals surface area (Å²) >= 11 is 6.00. The Morgan fingerprint density at radius 2 is 2.05 bits per heavy atom. The molecule has 0 aliphatic heterocycles. The molecule has 2 rings (SSSR count). The number of halogens is 1. The number of amides is 1. The van der Waals surface area contributed by atoms with E-state index in [1.165, 1.54) is 0 Å². The maximum atomic E-state index is 12.0. The van der Waals surface area contributed by atoms with E-state index in [0.717, 1.165) is 28.1 Å². The zero-order chi connectivity index (χ0) is 14.7. The summed E-state index contributed by atoms with van der Waals surface area (Å²) in [5, 5.41) is 10.6. The van der Waals surface area contributed by atoms with Crippen LogP contribution in [-0.2, 0) is 17.8 Å². The first kappa shape index (κ1) is 14.6. The number of H-pyrrole nitrogens is 1.